The number of carbonyl (C=O) groups excluding carboxylic acids is 2. The van der Waals surface area contributed by atoms with Gasteiger partial charge >= 0.3 is 6.09 Å². The number of carbonyl (C=O) groups is 2. The normalized spacial score (nSPS) is 20.8. The van der Waals surface area contributed by atoms with E-state index in [4.69, 9.17) is 4.74 Å². The molecule has 3 aliphatic heterocycles. The molecule has 6 rings (SSSR count). The quantitative estimate of drug-likeness (QED) is 0.511. The number of ether oxygens (including phenoxy) is 1. The van der Waals surface area contributed by atoms with Crippen molar-refractivity contribution in [2.24, 2.45) is 0 Å². The third-order valence-corrected chi connectivity index (χ3v) is 7.84. The molecule has 10 heteroatoms. The zero-order valence-corrected chi connectivity index (χ0v) is 19.6. The van der Waals surface area contributed by atoms with Gasteiger partial charge in [0.25, 0.3) is 5.56 Å². The summed E-state index contributed by atoms with van der Waals surface area (Å²) in [6, 6.07) is 12.0. The Morgan fingerprint density at radius 3 is 2.86 bits per heavy atom. The largest absolute Gasteiger partial charge is 0.443 e. The lowest BCUT2D eigenvalue weighted by Crippen LogP contribution is -2.32. The molecular formula is C25H23FN4O4S. The standard InChI is InChI=1S/C25H23FN4O4S/c26-18-4-1-14-2-6-22(32)30-11-15(23(18)24(14)30)7-8-27-10-17-12-29(25(33)34-17)16-3-5-20-19(9-16)28-21(31)13-35-20/h1-6,9,15,17,27H,7-8,10-13H2,(H,28,31)/t15?,17-/m1/s1. The Balaban J connectivity index is 1.06. The van der Waals surface area contributed by atoms with Gasteiger partial charge in [0.1, 0.15) is 11.9 Å². The second-order valence-corrected chi connectivity index (χ2v) is 10.0. The molecule has 2 atom stereocenters. The molecule has 4 heterocycles. The number of halogens is 1. The van der Waals surface area contributed by atoms with Crippen LogP contribution in [0.2, 0.25) is 0 Å². The summed E-state index contributed by atoms with van der Waals surface area (Å²) in [5.41, 5.74) is 2.58. The molecule has 2 N–H and O–H groups in total. The monoisotopic (exact) mass is 494 g/mol. The minimum absolute atomic E-state index is 0.0583. The average Bonchev–Trinajstić information content (AvgIpc) is 3.42. The van der Waals surface area contributed by atoms with Gasteiger partial charge in [0.15, 0.2) is 0 Å². The maximum Gasteiger partial charge on any atom is 0.414 e. The van der Waals surface area contributed by atoms with Crippen LogP contribution in [0.1, 0.15) is 17.9 Å². The van der Waals surface area contributed by atoms with Crippen molar-refractivity contribution in [3.05, 3.63) is 64.2 Å². The smallest absolute Gasteiger partial charge is 0.414 e. The van der Waals surface area contributed by atoms with Crippen molar-refractivity contribution in [1.82, 2.24) is 9.88 Å². The van der Waals surface area contributed by atoms with Crippen molar-refractivity contribution in [3.8, 4) is 0 Å². The Morgan fingerprint density at radius 1 is 1.11 bits per heavy atom. The molecule has 0 radical (unpaired) electrons. The molecular weight excluding hydrogens is 471 g/mol. The van der Waals surface area contributed by atoms with E-state index in [-0.39, 0.29) is 29.3 Å². The van der Waals surface area contributed by atoms with Gasteiger partial charge < -0.3 is 19.9 Å². The number of anilines is 2. The highest BCUT2D eigenvalue weighted by molar-refractivity contribution is 8.00. The highest BCUT2D eigenvalue weighted by Gasteiger charge is 2.33. The van der Waals surface area contributed by atoms with E-state index in [1.807, 2.05) is 12.1 Å². The molecule has 2 aromatic carbocycles. The van der Waals surface area contributed by atoms with E-state index in [0.717, 1.165) is 10.3 Å². The van der Waals surface area contributed by atoms with Crippen molar-refractivity contribution >= 4 is 46.0 Å². The van der Waals surface area contributed by atoms with Crippen LogP contribution in [0.3, 0.4) is 0 Å². The summed E-state index contributed by atoms with van der Waals surface area (Å²) in [4.78, 5) is 39.0. The van der Waals surface area contributed by atoms with Crippen LogP contribution in [0.5, 0.6) is 0 Å². The molecule has 1 fully saturated rings. The number of cyclic esters (lactones) is 1. The molecule has 0 bridgehead atoms. The SMILES string of the molecule is O=C1CSc2ccc(N3C[C@@H](CNCCC4Cn5c(=O)ccc6ccc(F)c4c65)OC3=O)cc2N1. The van der Waals surface area contributed by atoms with Gasteiger partial charge in [0, 0.05) is 41.2 Å². The van der Waals surface area contributed by atoms with Gasteiger partial charge in [-0.3, -0.25) is 14.5 Å². The molecule has 0 saturated carbocycles. The minimum Gasteiger partial charge on any atom is -0.443 e. The molecule has 1 aromatic heterocycles. The molecule has 0 aliphatic carbocycles. The first-order valence-corrected chi connectivity index (χ1v) is 12.5. The lowest BCUT2D eigenvalue weighted by atomic mass is 9.96. The van der Waals surface area contributed by atoms with Gasteiger partial charge in [-0.15, -0.1) is 11.8 Å². The molecule has 3 aromatic rings. The number of aromatic nitrogens is 1. The van der Waals surface area contributed by atoms with E-state index in [1.165, 1.54) is 23.9 Å². The summed E-state index contributed by atoms with van der Waals surface area (Å²) in [6.07, 6.45) is -0.0963. The van der Waals surface area contributed by atoms with Crippen molar-refractivity contribution in [2.45, 2.75) is 29.9 Å². The second-order valence-electron chi connectivity index (χ2n) is 9.00. The third-order valence-electron chi connectivity index (χ3n) is 6.77. The summed E-state index contributed by atoms with van der Waals surface area (Å²) in [5.74, 6) is -0.0407. The molecule has 180 valence electrons. The van der Waals surface area contributed by atoms with Gasteiger partial charge in [-0.1, -0.05) is 0 Å². The van der Waals surface area contributed by atoms with Crippen LogP contribution in [-0.2, 0) is 16.1 Å². The highest BCUT2D eigenvalue weighted by Crippen LogP contribution is 2.37. The van der Waals surface area contributed by atoms with E-state index >= 15 is 0 Å². The Bertz CT molecular complexity index is 1420. The number of nitrogens with zero attached hydrogens (tertiary/aromatic N) is 2. The number of fused-ring (bicyclic) bond motifs is 1. The molecule has 35 heavy (non-hydrogen) atoms. The summed E-state index contributed by atoms with van der Waals surface area (Å²) < 4.78 is 21.8. The van der Waals surface area contributed by atoms with E-state index in [2.05, 4.69) is 10.6 Å². The van der Waals surface area contributed by atoms with Gasteiger partial charge in [-0.25, -0.2) is 9.18 Å². The molecule has 8 nitrogen and oxygen atoms in total. The van der Waals surface area contributed by atoms with Crippen LogP contribution in [-0.4, -0.2) is 48.1 Å². The number of amides is 2. The number of rotatable bonds is 6. The summed E-state index contributed by atoms with van der Waals surface area (Å²) >= 11 is 1.47. The fourth-order valence-corrected chi connectivity index (χ4v) is 5.92. The van der Waals surface area contributed by atoms with Crippen LogP contribution in [0, 0.1) is 5.82 Å². The predicted octanol–water partition coefficient (Wildman–Crippen LogP) is 3.29. The summed E-state index contributed by atoms with van der Waals surface area (Å²) in [5, 5.41) is 7.03. The van der Waals surface area contributed by atoms with Crippen molar-refractivity contribution < 1.29 is 18.7 Å². The number of thioether (sulfide) groups is 1. The van der Waals surface area contributed by atoms with Crippen molar-refractivity contribution in [3.63, 3.8) is 0 Å². The fourth-order valence-electron chi connectivity index (χ4n) is 5.13. The maximum absolute atomic E-state index is 14.6. The zero-order valence-electron chi connectivity index (χ0n) is 18.8. The van der Waals surface area contributed by atoms with Crippen LogP contribution >= 0.6 is 11.8 Å². The van der Waals surface area contributed by atoms with Crippen LogP contribution < -0.4 is 21.1 Å². The fraction of sp³-hybridized carbons (Fsp3) is 0.320. The number of hydrogen-bond acceptors (Lipinski definition) is 6. The summed E-state index contributed by atoms with van der Waals surface area (Å²) in [6.45, 7) is 1.92. The van der Waals surface area contributed by atoms with Gasteiger partial charge in [-0.05, 0) is 54.8 Å². The highest BCUT2D eigenvalue weighted by atomic mass is 32.2. The molecule has 1 saturated heterocycles. The number of nitrogens with one attached hydrogen (secondary N) is 2. The van der Waals surface area contributed by atoms with E-state index in [0.29, 0.717) is 60.8 Å². The van der Waals surface area contributed by atoms with Gasteiger partial charge in [0.05, 0.1) is 23.5 Å². The number of hydrogen-bond donors (Lipinski definition) is 2. The first-order chi connectivity index (χ1) is 17.0. The Kier molecular flexibility index (Phi) is 5.49. The molecule has 0 spiro atoms. The Morgan fingerprint density at radius 2 is 1.97 bits per heavy atom. The molecule has 3 aliphatic rings. The van der Waals surface area contributed by atoms with Gasteiger partial charge in [0.2, 0.25) is 5.91 Å². The zero-order chi connectivity index (χ0) is 24.1. The molecule has 2 amide bonds. The summed E-state index contributed by atoms with van der Waals surface area (Å²) in [7, 11) is 0. The Labute approximate surface area is 204 Å². The minimum atomic E-state index is -0.425. The first-order valence-electron chi connectivity index (χ1n) is 11.6. The number of pyridine rings is 1. The van der Waals surface area contributed by atoms with E-state index < -0.39 is 6.09 Å². The van der Waals surface area contributed by atoms with Crippen LogP contribution in [0.25, 0.3) is 10.9 Å². The Hall–Kier alpha value is -3.37. The number of benzene rings is 2. The van der Waals surface area contributed by atoms with Crippen molar-refractivity contribution in [1.29, 1.82) is 0 Å². The third kappa shape index (κ3) is 3.96. The topological polar surface area (TPSA) is 92.7 Å². The van der Waals surface area contributed by atoms with E-state index in [1.54, 1.807) is 27.7 Å². The molecule has 1 unspecified atom stereocenters. The average molecular weight is 495 g/mol. The van der Waals surface area contributed by atoms with E-state index in [9.17, 15) is 18.8 Å². The lowest BCUT2D eigenvalue weighted by Gasteiger charge is -2.20. The second kappa shape index (κ2) is 8.69. The van der Waals surface area contributed by atoms with Crippen molar-refractivity contribution in [2.75, 3.05) is 35.6 Å². The predicted molar refractivity (Wildman–Crippen MR) is 132 cm³/mol. The van der Waals surface area contributed by atoms with Crippen LogP contribution in [0.15, 0.2) is 52.2 Å². The van der Waals surface area contributed by atoms with Gasteiger partial charge in [-0.2, -0.15) is 0 Å². The van der Waals surface area contributed by atoms with Crippen LogP contribution in [0.4, 0.5) is 20.6 Å². The lowest BCUT2D eigenvalue weighted by molar-refractivity contribution is -0.113. The maximum atomic E-state index is 14.6. The first kappa shape index (κ1) is 22.1.